The molecule has 0 bridgehead atoms. The number of benzene rings is 1. The summed E-state index contributed by atoms with van der Waals surface area (Å²) >= 11 is 6.02. The third-order valence-corrected chi connectivity index (χ3v) is 3.95. The molecule has 1 heterocycles. The summed E-state index contributed by atoms with van der Waals surface area (Å²) in [5.74, 6) is 0.284. The fourth-order valence-corrected chi connectivity index (χ4v) is 2.63. The Hall–Kier alpha value is -3.14. The van der Waals surface area contributed by atoms with Crippen molar-refractivity contribution in [1.29, 1.82) is 15.8 Å². The van der Waals surface area contributed by atoms with Gasteiger partial charge >= 0.3 is 0 Å². The van der Waals surface area contributed by atoms with Crippen molar-refractivity contribution in [3.8, 4) is 18.2 Å². The molecule has 0 unspecified atom stereocenters. The standard InChI is InChI=1S/C17H15ClN6/c18-15-2-1-3-16(9-15)23-4-6-24(7-5-23)17(22)14(12-21)8-13(10-19)11-20/h1-3,8-9H,4-7,22H2. The molecule has 0 aliphatic carbocycles. The molecule has 0 aromatic heterocycles. The quantitative estimate of drug-likeness (QED) is 0.668. The number of halogens is 1. The monoisotopic (exact) mass is 338 g/mol. The zero-order valence-corrected chi connectivity index (χ0v) is 13.7. The lowest BCUT2D eigenvalue weighted by Gasteiger charge is -2.37. The Labute approximate surface area is 145 Å². The van der Waals surface area contributed by atoms with Crippen molar-refractivity contribution in [2.75, 3.05) is 31.1 Å². The highest BCUT2D eigenvalue weighted by Crippen LogP contribution is 2.21. The van der Waals surface area contributed by atoms with E-state index in [2.05, 4.69) is 4.90 Å². The van der Waals surface area contributed by atoms with Crippen LogP contribution in [0.25, 0.3) is 0 Å². The summed E-state index contributed by atoms with van der Waals surface area (Å²) < 4.78 is 0. The average molecular weight is 339 g/mol. The summed E-state index contributed by atoms with van der Waals surface area (Å²) in [4.78, 5) is 4.07. The van der Waals surface area contributed by atoms with E-state index >= 15 is 0 Å². The van der Waals surface area contributed by atoms with Crippen molar-refractivity contribution in [3.63, 3.8) is 0 Å². The van der Waals surface area contributed by atoms with Crippen LogP contribution in [0.5, 0.6) is 0 Å². The van der Waals surface area contributed by atoms with Crippen molar-refractivity contribution < 1.29 is 0 Å². The minimum atomic E-state index is -0.146. The molecule has 0 atom stereocenters. The molecule has 0 saturated carbocycles. The summed E-state index contributed by atoms with van der Waals surface area (Å²) in [6, 6.07) is 13.0. The van der Waals surface area contributed by atoms with E-state index in [-0.39, 0.29) is 17.0 Å². The number of allylic oxidation sites excluding steroid dienone is 3. The largest absolute Gasteiger partial charge is 0.384 e. The van der Waals surface area contributed by atoms with E-state index in [9.17, 15) is 5.26 Å². The molecular weight excluding hydrogens is 324 g/mol. The third-order valence-electron chi connectivity index (χ3n) is 3.72. The maximum Gasteiger partial charge on any atom is 0.131 e. The van der Waals surface area contributed by atoms with Crippen LogP contribution in [0, 0.1) is 34.0 Å². The van der Waals surface area contributed by atoms with Gasteiger partial charge in [-0.25, -0.2) is 0 Å². The van der Waals surface area contributed by atoms with Gasteiger partial charge in [0.1, 0.15) is 29.6 Å². The zero-order chi connectivity index (χ0) is 17.5. The van der Waals surface area contributed by atoms with Crippen LogP contribution in [-0.2, 0) is 0 Å². The lowest BCUT2D eigenvalue weighted by atomic mass is 10.1. The number of nitrogens with two attached hydrogens (primary N) is 1. The Balaban J connectivity index is 2.12. The van der Waals surface area contributed by atoms with E-state index in [4.69, 9.17) is 27.9 Å². The first-order valence-electron chi connectivity index (χ1n) is 7.26. The predicted octanol–water partition coefficient (Wildman–Crippen LogP) is 2.13. The first-order chi connectivity index (χ1) is 11.6. The van der Waals surface area contributed by atoms with E-state index in [1.54, 1.807) is 12.1 Å². The second kappa shape index (κ2) is 7.92. The van der Waals surface area contributed by atoms with Crippen LogP contribution in [0.2, 0.25) is 5.02 Å². The van der Waals surface area contributed by atoms with Crippen LogP contribution in [0.4, 0.5) is 5.69 Å². The predicted molar refractivity (Wildman–Crippen MR) is 91.4 cm³/mol. The summed E-state index contributed by atoms with van der Waals surface area (Å²) in [6.07, 6.45) is 1.22. The van der Waals surface area contributed by atoms with Crippen molar-refractivity contribution in [1.82, 2.24) is 4.90 Å². The van der Waals surface area contributed by atoms with Crippen LogP contribution in [0.3, 0.4) is 0 Å². The Morgan fingerprint density at radius 1 is 1.08 bits per heavy atom. The highest BCUT2D eigenvalue weighted by atomic mass is 35.5. The Kier molecular flexibility index (Phi) is 5.68. The molecule has 24 heavy (non-hydrogen) atoms. The zero-order valence-electron chi connectivity index (χ0n) is 12.9. The molecule has 0 spiro atoms. The molecule has 0 amide bonds. The minimum absolute atomic E-state index is 0.129. The van der Waals surface area contributed by atoms with E-state index in [0.717, 1.165) is 18.8 Å². The lowest BCUT2D eigenvalue weighted by Crippen LogP contribution is -2.47. The van der Waals surface area contributed by atoms with Gasteiger partial charge in [-0.05, 0) is 24.3 Å². The normalized spacial score (nSPS) is 14.8. The molecule has 0 radical (unpaired) electrons. The SMILES string of the molecule is N#CC(C#N)=CC(C#N)=C(N)N1CCN(c2cccc(Cl)c2)CC1. The highest BCUT2D eigenvalue weighted by molar-refractivity contribution is 6.30. The number of nitrogens with zero attached hydrogens (tertiary/aromatic N) is 5. The van der Waals surface area contributed by atoms with Crippen molar-refractivity contribution in [2.45, 2.75) is 0 Å². The number of anilines is 1. The number of rotatable bonds is 3. The number of hydrogen-bond acceptors (Lipinski definition) is 6. The molecule has 6 nitrogen and oxygen atoms in total. The van der Waals surface area contributed by atoms with E-state index in [1.807, 2.05) is 35.2 Å². The van der Waals surface area contributed by atoms with Gasteiger partial charge in [0.2, 0.25) is 0 Å². The lowest BCUT2D eigenvalue weighted by molar-refractivity contribution is 0.317. The molecule has 1 fully saturated rings. The Bertz CT molecular complexity index is 782. The van der Waals surface area contributed by atoms with Gasteiger partial charge in [0.15, 0.2) is 0 Å². The van der Waals surface area contributed by atoms with E-state index in [1.165, 1.54) is 6.08 Å². The molecule has 1 aromatic rings. The second-order valence-electron chi connectivity index (χ2n) is 5.15. The van der Waals surface area contributed by atoms with Crippen LogP contribution in [-0.4, -0.2) is 31.1 Å². The minimum Gasteiger partial charge on any atom is -0.384 e. The molecule has 1 aliphatic heterocycles. The van der Waals surface area contributed by atoms with Crippen LogP contribution in [0.15, 0.2) is 47.3 Å². The van der Waals surface area contributed by atoms with E-state index < -0.39 is 0 Å². The molecule has 7 heteroatoms. The number of piperazine rings is 1. The Morgan fingerprint density at radius 2 is 1.75 bits per heavy atom. The van der Waals surface area contributed by atoms with Crippen molar-refractivity contribution in [3.05, 3.63) is 52.3 Å². The van der Waals surface area contributed by atoms with Crippen molar-refractivity contribution >= 4 is 17.3 Å². The van der Waals surface area contributed by atoms with Gasteiger partial charge in [0, 0.05) is 36.9 Å². The summed E-state index contributed by atoms with van der Waals surface area (Å²) in [6.45, 7) is 2.72. The topological polar surface area (TPSA) is 104 Å². The average Bonchev–Trinajstić information content (AvgIpc) is 2.62. The first-order valence-corrected chi connectivity index (χ1v) is 7.64. The summed E-state index contributed by atoms with van der Waals surface area (Å²) in [5.41, 5.74) is 7.07. The van der Waals surface area contributed by atoms with Gasteiger partial charge in [-0.1, -0.05) is 17.7 Å². The van der Waals surface area contributed by atoms with Gasteiger partial charge in [-0.2, -0.15) is 15.8 Å². The molecule has 120 valence electrons. The second-order valence-corrected chi connectivity index (χ2v) is 5.58. The number of hydrogen-bond donors (Lipinski definition) is 1. The third kappa shape index (κ3) is 3.98. The molecule has 1 aromatic carbocycles. The fraction of sp³-hybridized carbons (Fsp3) is 0.235. The molecule has 2 rings (SSSR count). The van der Waals surface area contributed by atoms with Gasteiger partial charge in [0.25, 0.3) is 0 Å². The summed E-state index contributed by atoms with van der Waals surface area (Å²) in [5, 5.41) is 27.5. The van der Waals surface area contributed by atoms with Crippen LogP contribution in [0.1, 0.15) is 0 Å². The summed E-state index contributed by atoms with van der Waals surface area (Å²) in [7, 11) is 0. The fourth-order valence-electron chi connectivity index (χ4n) is 2.45. The van der Waals surface area contributed by atoms with E-state index in [0.29, 0.717) is 18.1 Å². The van der Waals surface area contributed by atoms with Crippen LogP contribution >= 0.6 is 11.6 Å². The maximum absolute atomic E-state index is 9.22. The van der Waals surface area contributed by atoms with Gasteiger partial charge in [0.05, 0.1) is 5.57 Å². The Morgan fingerprint density at radius 3 is 2.29 bits per heavy atom. The maximum atomic E-state index is 9.22. The molecule has 1 saturated heterocycles. The van der Waals surface area contributed by atoms with Gasteiger partial charge in [-0.3, -0.25) is 0 Å². The van der Waals surface area contributed by atoms with Crippen LogP contribution < -0.4 is 10.6 Å². The smallest absolute Gasteiger partial charge is 0.131 e. The molecule has 1 aliphatic rings. The van der Waals surface area contributed by atoms with Gasteiger partial charge in [-0.15, -0.1) is 0 Å². The van der Waals surface area contributed by atoms with Crippen molar-refractivity contribution in [2.24, 2.45) is 5.73 Å². The first kappa shape index (κ1) is 17.2. The highest BCUT2D eigenvalue weighted by Gasteiger charge is 2.19. The molecular formula is C17H15ClN6. The van der Waals surface area contributed by atoms with Gasteiger partial charge < -0.3 is 15.5 Å². The molecule has 2 N–H and O–H groups in total. The number of nitriles is 3.